The van der Waals surface area contributed by atoms with Gasteiger partial charge in [0.25, 0.3) is 0 Å². The monoisotopic (exact) mass is 496 g/mol. The van der Waals surface area contributed by atoms with Crippen LogP contribution in [0.2, 0.25) is 0 Å². The smallest absolute Gasteiger partial charge is 0.333 e. The quantitative estimate of drug-likeness (QED) is 0.164. The van der Waals surface area contributed by atoms with E-state index in [1.54, 1.807) is 37.3 Å². The van der Waals surface area contributed by atoms with Gasteiger partial charge in [0, 0.05) is 11.6 Å². The van der Waals surface area contributed by atoms with Crippen molar-refractivity contribution < 1.29 is 28.6 Å². The molecule has 2 aliphatic carbocycles. The summed E-state index contributed by atoms with van der Waals surface area (Å²) in [5, 5.41) is 0. The van der Waals surface area contributed by atoms with E-state index in [0.29, 0.717) is 11.3 Å². The predicted molar refractivity (Wildman–Crippen MR) is 139 cm³/mol. The van der Waals surface area contributed by atoms with Crippen molar-refractivity contribution >= 4 is 24.0 Å². The molecule has 0 amide bonds. The summed E-state index contributed by atoms with van der Waals surface area (Å²) in [5.74, 6) is 1.86. The van der Waals surface area contributed by atoms with Crippen molar-refractivity contribution in [2.24, 2.45) is 23.7 Å². The van der Waals surface area contributed by atoms with Crippen LogP contribution in [0.3, 0.4) is 0 Å². The third-order valence-corrected chi connectivity index (χ3v) is 7.66. The minimum Gasteiger partial charge on any atom is -0.459 e. The highest BCUT2D eigenvalue weighted by atomic mass is 16.6. The van der Waals surface area contributed by atoms with E-state index in [2.05, 4.69) is 13.5 Å². The lowest BCUT2D eigenvalue weighted by Gasteiger charge is -2.37. The van der Waals surface area contributed by atoms with Crippen molar-refractivity contribution in [1.29, 1.82) is 0 Å². The van der Waals surface area contributed by atoms with Gasteiger partial charge in [0.05, 0.1) is 5.92 Å². The Morgan fingerprint density at radius 1 is 0.889 bits per heavy atom. The summed E-state index contributed by atoms with van der Waals surface area (Å²) in [4.78, 5) is 35.8. The lowest BCUT2D eigenvalue weighted by atomic mass is 9.69. The van der Waals surface area contributed by atoms with Crippen molar-refractivity contribution in [1.82, 2.24) is 0 Å². The molecule has 0 bridgehead atoms. The Kier molecular flexibility index (Phi) is 10.8. The van der Waals surface area contributed by atoms with Gasteiger partial charge in [-0.2, -0.15) is 0 Å². The maximum atomic E-state index is 12.7. The highest BCUT2D eigenvalue weighted by molar-refractivity contribution is 5.87. The zero-order valence-corrected chi connectivity index (χ0v) is 21.7. The van der Waals surface area contributed by atoms with Crippen molar-refractivity contribution in [2.45, 2.75) is 71.6 Å². The minimum atomic E-state index is -0.536. The molecule has 0 spiro atoms. The number of ether oxygens (including phenoxy) is 3. The molecule has 0 heterocycles. The third-order valence-electron chi connectivity index (χ3n) is 7.66. The highest BCUT2D eigenvalue weighted by Crippen LogP contribution is 2.42. The van der Waals surface area contributed by atoms with Crippen molar-refractivity contribution in [3.05, 3.63) is 48.1 Å². The van der Waals surface area contributed by atoms with Crippen LogP contribution in [-0.4, -0.2) is 31.1 Å². The van der Waals surface area contributed by atoms with Gasteiger partial charge in [0.2, 0.25) is 0 Å². The van der Waals surface area contributed by atoms with Gasteiger partial charge in [0.15, 0.2) is 0 Å². The summed E-state index contributed by atoms with van der Waals surface area (Å²) in [6, 6.07) is 7.03. The van der Waals surface area contributed by atoms with E-state index in [-0.39, 0.29) is 25.1 Å². The zero-order valence-electron chi connectivity index (χ0n) is 21.7. The first-order chi connectivity index (χ1) is 17.4. The standard InChI is InChI=1S/C30H40O6/c1-4-22-5-10-24(11-6-22)25-12-14-26(15-13-25)30(33)36-27-16-7-23(8-17-27)9-18-28(31)34-19-20-35-29(32)21(2)3/h7-9,16-18,22,24-26H,2,4-6,10-15,19-20H2,1,3H3/b18-9+. The van der Waals surface area contributed by atoms with Crippen LogP contribution in [0.5, 0.6) is 5.75 Å². The van der Waals surface area contributed by atoms with Gasteiger partial charge in [0.1, 0.15) is 19.0 Å². The molecule has 1 aromatic rings. The highest BCUT2D eigenvalue weighted by Gasteiger charge is 2.33. The fourth-order valence-electron chi connectivity index (χ4n) is 5.35. The van der Waals surface area contributed by atoms with Crippen molar-refractivity contribution in [3.8, 4) is 5.75 Å². The Morgan fingerprint density at radius 2 is 1.47 bits per heavy atom. The molecule has 36 heavy (non-hydrogen) atoms. The number of hydrogen-bond acceptors (Lipinski definition) is 6. The topological polar surface area (TPSA) is 78.9 Å². The molecule has 0 atom stereocenters. The van der Waals surface area contributed by atoms with E-state index >= 15 is 0 Å². The molecular weight excluding hydrogens is 456 g/mol. The summed E-state index contributed by atoms with van der Waals surface area (Å²) in [5.41, 5.74) is 1.07. The Hall–Kier alpha value is -2.89. The van der Waals surface area contributed by atoms with Crippen LogP contribution < -0.4 is 4.74 Å². The first-order valence-electron chi connectivity index (χ1n) is 13.3. The molecule has 196 valence electrons. The molecule has 3 rings (SSSR count). The van der Waals surface area contributed by atoms with Gasteiger partial charge in [-0.05, 0) is 87.0 Å². The second-order valence-electron chi connectivity index (χ2n) is 10.2. The molecule has 2 saturated carbocycles. The van der Waals surface area contributed by atoms with Gasteiger partial charge >= 0.3 is 17.9 Å². The number of carbonyl (C=O) groups excluding carboxylic acids is 3. The van der Waals surface area contributed by atoms with Crippen LogP contribution >= 0.6 is 0 Å². The van der Waals surface area contributed by atoms with Gasteiger partial charge in [-0.1, -0.05) is 44.9 Å². The average molecular weight is 497 g/mol. The Balaban J connectivity index is 1.36. The van der Waals surface area contributed by atoms with E-state index < -0.39 is 11.9 Å². The SMILES string of the molecule is C=C(C)C(=O)OCCOC(=O)/C=C/c1ccc(OC(=O)C2CCC(C3CCC(CC)CC3)CC2)cc1. The van der Waals surface area contributed by atoms with Gasteiger partial charge in [-0.15, -0.1) is 0 Å². The maximum Gasteiger partial charge on any atom is 0.333 e. The number of esters is 3. The van der Waals surface area contributed by atoms with Crippen LogP contribution in [0.15, 0.2) is 42.5 Å². The van der Waals surface area contributed by atoms with Crippen molar-refractivity contribution in [3.63, 3.8) is 0 Å². The number of carbonyl (C=O) groups is 3. The van der Waals surface area contributed by atoms with E-state index in [4.69, 9.17) is 14.2 Å². The summed E-state index contributed by atoms with van der Waals surface area (Å²) < 4.78 is 15.5. The van der Waals surface area contributed by atoms with E-state index in [0.717, 1.165) is 49.0 Å². The predicted octanol–water partition coefficient (Wildman–Crippen LogP) is 6.29. The molecule has 0 saturated heterocycles. The molecule has 6 nitrogen and oxygen atoms in total. The van der Waals surface area contributed by atoms with Crippen LogP contribution in [0.25, 0.3) is 6.08 Å². The van der Waals surface area contributed by atoms with Crippen molar-refractivity contribution in [2.75, 3.05) is 13.2 Å². The zero-order chi connectivity index (χ0) is 25.9. The minimum absolute atomic E-state index is 0.0164. The van der Waals surface area contributed by atoms with Crippen LogP contribution in [0.1, 0.15) is 77.2 Å². The first-order valence-corrected chi connectivity index (χ1v) is 13.3. The Morgan fingerprint density at radius 3 is 2.06 bits per heavy atom. The maximum absolute atomic E-state index is 12.7. The molecule has 0 radical (unpaired) electrons. The fraction of sp³-hybridized carbons (Fsp3) is 0.567. The molecule has 0 aliphatic heterocycles. The van der Waals surface area contributed by atoms with E-state index in [1.807, 2.05) is 0 Å². The second-order valence-corrected chi connectivity index (χ2v) is 10.2. The summed E-state index contributed by atoms with van der Waals surface area (Å²) in [6.07, 6.45) is 13.8. The number of rotatable bonds is 10. The molecule has 0 unspecified atom stereocenters. The lowest BCUT2D eigenvalue weighted by Crippen LogP contribution is -2.30. The average Bonchev–Trinajstić information content (AvgIpc) is 2.90. The van der Waals surface area contributed by atoms with Crippen LogP contribution in [0.4, 0.5) is 0 Å². The third kappa shape index (κ3) is 8.65. The number of hydrogen-bond donors (Lipinski definition) is 0. The van der Waals surface area contributed by atoms with Crippen LogP contribution in [-0.2, 0) is 23.9 Å². The molecule has 6 heteroatoms. The molecule has 2 fully saturated rings. The van der Waals surface area contributed by atoms with Gasteiger partial charge in [-0.3, -0.25) is 4.79 Å². The molecule has 0 aromatic heterocycles. The molecule has 2 aliphatic rings. The first kappa shape index (κ1) is 27.7. The largest absolute Gasteiger partial charge is 0.459 e. The second kappa shape index (κ2) is 14.0. The van der Waals surface area contributed by atoms with E-state index in [9.17, 15) is 14.4 Å². The molecule has 1 aromatic carbocycles. The number of benzene rings is 1. The van der Waals surface area contributed by atoms with E-state index in [1.165, 1.54) is 38.2 Å². The van der Waals surface area contributed by atoms with Gasteiger partial charge in [-0.25, -0.2) is 9.59 Å². The summed E-state index contributed by atoms with van der Waals surface area (Å²) in [7, 11) is 0. The van der Waals surface area contributed by atoms with Crippen LogP contribution in [0, 0.1) is 23.7 Å². The fourth-order valence-corrected chi connectivity index (χ4v) is 5.35. The molecule has 0 N–H and O–H groups in total. The normalized spacial score (nSPS) is 24.2. The summed E-state index contributed by atoms with van der Waals surface area (Å²) in [6.45, 7) is 7.28. The summed E-state index contributed by atoms with van der Waals surface area (Å²) >= 11 is 0. The Bertz CT molecular complexity index is 915. The van der Waals surface area contributed by atoms with Gasteiger partial charge < -0.3 is 14.2 Å². The lowest BCUT2D eigenvalue weighted by molar-refractivity contribution is -0.146. The molecular formula is C30H40O6. The Labute approximate surface area is 215 Å².